The first-order valence-corrected chi connectivity index (χ1v) is 23.2. The Hall–Kier alpha value is -6.11. The average Bonchev–Trinajstić information content (AvgIpc) is 3.53. The van der Waals surface area contributed by atoms with Crippen LogP contribution < -0.4 is 36.0 Å². The number of likely N-dealkylation sites (N-methyl/N-ethyl adjacent to an activating group) is 2. The van der Waals surface area contributed by atoms with Crippen LogP contribution in [0.25, 0.3) is 10.9 Å². The molecule has 5 aliphatic rings. The molecule has 3 saturated heterocycles. The number of benzene rings is 2. The van der Waals surface area contributed by atoms with E-state index in [2.05, 4.69) is 42.7 Å². The van der Waals surface area contributed by atoms with Gasteiger partial charge in [0.25, 0.3) is 23.3 Å². The third kappa shape index (κ3) is 8.92. The summed E-state index contributed by atoms with van der Waals surface area (Å²) >= 11 is 6.61. The number of halogens is 1. The fraction of sp³-hybridized carbons (Fsp3) is 0.489. The van der Waals surface area contributed by atoms with Crippen molar-refractivity contribution in [1.82, 2.24) is 35.0 Å². The van der Waals surface area contributed by atoms with E-state index in [1.54, 1.807) is 29.0 Å². The number of pyridine rings is 1. The summed E-state index contributed by atoms with van der Waals surface area (Å²) in [5.41, 5.74) is 2.59. The van der Waals surface area contributed by atoms with E-state index < -0.39 is 29.7 Å². The normalized spacial score (nSPS) is 21.7. The number of hydrogen-bond acceptors (Lipinski definition) is 14. The molecule has 4 fully saturated rings. The average molecular weight is 923 g/mol. The van der Waals surface area contributed by atoms with Crippen molar-refractivity contribution in [3.63, 3.8) is 0 Å². The number of aromatic nitrogens is 3. The van der Waals surface area contributed by atoms with Crippen molar-refractivity contribution in [2.45, 2.75) is 102 Å². The van der Waals surface area contributed by atoms with Gasteiger partial charge in [-0.15, -0.1) is 0 Å². The van der Waals surface area contributed by atoms with E-state index >= 15 is 0 Å². The van der Waals surface area contributed by atoms with Crippen molar-refractivity contribution < 1.29 is 33.4 Å². The van der Waals surface area contributed by atoms with Gasteiger partial charge in [-0.05, 0) is 108 Å². The smallest absolute Gasteiger partial charge is 0.293 e. The number of anilines is 4. The van der Waals surface area contributed by atoms with Crippen molar-refractivity contribution >= 4 is 75.2 Å². The van der Waals surface area contributed by atoms with Gasteiger partial charge in [0.15, 0.2) is 18.2 Å². The maximum Gasteiger partial charge on any atom is 0.293 e. The highest BCUT2D eigenvalue weighted by molar-refractivity contribution is 6.33. The van der Waals surface area contributed by atoms with Gasteiger partial charge >= 0.3 is 0 Å². The number of amides is 5. The van der Waals surface area contributed by atoms with Crippen LogP contribution in [0.4, 0.5) is 23.1 Å². The molecule has 1 atom stereocenters. The first-order valence-electron chi connectivity index (χ1n) is 22.8. The largest absolute Gasteiger partial charge is 0.478 e. The van der Waals surface area contributed by atoms with Crippen LogP contribution in [0.3, 0.4) is 0 Å². The van der Waals surface area contributed by atoms with Gasteiger partial charge in [-0.2, -0.15) is 4.98 Å². The van der Waals surface area contributed by atoms with Gasteiger partial charge in [0, 0.05) is 74.5 Å². The number of piperidine rings is 2. The molecule has 3 N–H and O–H groups in total. The summed E-state index contributed by atoms with van der Waals surface area (Å²) in [5.74, 6) is -1.21. The van der Waals surface area contributed by atoms with Crippen LogP contribution >= 0.6 is 11.6 Å². The second-order valence-electron chi connectivity index (χ2n) is 18.2. The number of nitrogens with one attached hydrogen (secondary N) is 3. The lowest BCUT2D eigenvalue weighted by molar-refractivity contribution is -0.136. The highest BCUT2D eigenvalue weighted by Crippen LogP contribution is 2.36. The zero-order chi connectivity index (χ0) is 46.4. The molecule has 0 spiro atoms. The fourth-order valence-corrected chi connectivity index (χ4v) is 10.0. The third-order valence-corrected chi connectivity index (χ3v) is 14.0. The number of hydrogen-bond donors (Lipinski definition) is 3. The van der Waals surface area contributed by atoms with Crippen molar-refractivity contribution in [3.05, 3.63) is 75.2 Å². The molecule has 2 aromatic carbocycles. The van der Waals surface area contributed by atoms with E-state index in [-0.39, 0.29) is 60.5 Å². The summed E-state index contributed by atoms with van der Waals surface area (Å²) in [5, 5.41) is 9.20. The van der Waals surface area contributed by atoms with Crippen molar-refractivity contribution in [2.75, 3.05) is 62.0 Å². The van der Waals surface area contributed by atoms with Crippen LogP contribution in [-0.4, -0.2) is 131 Å². The topological polar surface area (TPSA) is 201 Å². The number of carbonyl (C=O) groups excluding carboxylic acids is 5. The van der Waals surface area contributed by atoms with Crippen LogP contribution in [0, 0.1) is 0 Å². The lowest BCUT2D eigenvalue weighted by Gasteiger charge is -2.49. The maximum absolute atomic E-state index is 13.4. The molecule has 1 unspecified atom stereocenters. The number of carbonyl (C=O) groups is 5. The Bertz CT molecular complexity index is 2640. The molecule has 0 radical (unpaired) electrons. The van der Waals surface area contributed by atoms with Gasteiger partial charge in [-0.1, -0.05) is 11.6 Å². The highest BCUT2D eigenvalue weighted by Gasteiger charge is 2.45. The van der Waals surface area contributed by atoms with E-state index in [0.717, 1.165) is 86.2 Å². The predicted molar refractivity (Wildman–Crippen MR) is 248 cm³/mol. The molecule has 4 aliphatic heterocycles. The van der Waals surface area contributed by atoms with Crippen LogP contribution in [0.5, 0.6) is 5.75 Å². The van der Waals surface area contributed by atoms with E-state index in [9.17, 15) is 28.8 Å². The molecular weight excluding hydrogens is 868 g/mol. The molecule has 5 amide bonds. The minimum absolute atomic E-state index is 0.0853. The molecule has 0 bridgehead atoms. The third-order valence-electron chi connectivity index (χ3n) is 13.7. The molecule has 2 aromatic heterocycles. The molecular formula is C47H55ClN10O8. The predicted octanol–water partition coefficient (Wildman–Crippen LogP) is 4.41. The molecule has 6 heterocycles. The molecule has 1 aliphatic carbocycles. The number of fused-ring (bicyclic) bond motifs is 2. The maximum atomic E-state index is 13.4. The van der Waals surface area contributed by atoms with Gasteiger partial charge < -0.3 is 34.5 Å². The molecule has 66 heavy (non-hydrogen) atoms. The number of ether oxygens (including phenoxy) is 2. The Kier molecular flexibility index (Phi) is 12.7. The molecule has 4 aromatic rings. The standard InChI is InChI=1S/C47H55ClN10O8/c1-26(2)57-37-12-5-28(19-27(37)20-39(46(57)64)65-25-41(60)49-3)51-42-36(48)22-50-47(53-42)55-17-15-33(16-18-55)66-32-9-6-29(7-10-32)54(4)31-23-56(24-31)30-8-11-34-35(21-30)45(63)58(44(34)62)38-13-14-40(59)52-43(38)61/h5,8,11-12,19-22,26,29,31-33,38H,6-7,9-10,13-18,23-25H2,1-4H3,(H,49,60)(H,50,51,53)(H,52,59,61)/t29-,32-,38?. The van der Waals surface area contributed by atoms with Crippen LogP contribution in [0.2, 0.25) is 5.02 Å². The van der Waals surface area contributed by atoms with Crippen molar-refractivity contribution in [3.8, 4) is 5.75 Å². The second-order valence-corrected chi connectivity index (χ2v) is 18.6. The second kappa shape index (κ2) is 18.6. The highest BCUT2D eigenvalue weighted by atomic mass is 35.5. The summed E-state index contributed by atoms with van der Waals surface area (Å²) in [6, 6.07) is 12.3. The summed E-state index contributed by atoms with van der Waals surface area (Å²) in [4.78, 5) is 93.0. The molecule has 19 heteroatoms. The lowest BCUT2D eigenvalue weighted by Crippen LogP contribution is -2.61. The first kappa shape index (κ1) is 45.1. The summed E-state index contributed by atoms with van der Waals surface area (Å²) in [6.45, 7) is 6.68. The zero-order valence-corrected chi connectivity index (χ0v) is 38.3. The van der Waals surface area contributed by atoms with Crippen LogP contribution in [-0.2, 0) is 19.1 Å². The van der Waals surface area contributed by atoms with E-state index in [1.807, 2.05) is 38.1 Å². The van der Waals surface area contributed by atoms with Gasteiger partial charge in [-0.25, -0.2) is 4.98 Å². The zero-order valence-electron chi connectivity index (χ0n) is 37.5. The molecule has 18 nitrogen and oxygen atoms in total. The SMILES string of the molecule is CNC(=O)COc1cc2cc(Nc3nc(N4CCC(O[C@H]5CC[C@H](N(C)C6CN(c7ccc8c(c7)C(=O)N(C7CCC(=O)NC7=O)C8=O)C6)CC5)CC4)ncc3Cl)ccc2n(C(C)C)c1=O. The van der Waals surface area contributed by atoms with Crippen LogP contribution in [0.1, 0.15) is 92.0 Å². The minimum Gasteiger partial charge on any atom is -0.478 e. The fourth-order valence-electron chi connectivity index (χ4n) is 9.89. The van der Waals surface area contributed by atoms with E-state index in [0.29, 0.717) is 40.1 Å². The first-order chi connectivity index (χ1) is 31.8. The summed E-state index contributed by atoms with van der Waals surface area (Å²) < 4.78 is 14.0. The Labute approximate surface area is 386 Å². The number of imide groups is 2. The Morgan fingerprint density at radius 2 is 1.62 bits per heavy atom. The van der Waals surface area contributed by atoms with Gasteiger partial charge in [0.05, 0.1) is 35.0 Å². The van der Waals surface area contributed by atoms with Gasteiger partial charge in [0.2, 0.25) is 17.8 Å². The quantitative estimate of drug-likeness (QED) is 0.159. The molecule has 9 rings (SSSR count). The monoisotopic (exact) mass is 922 g/mol. The Balaban J connectivity index is 0.739. The Morgan fingerprint density at radius 1 is 0.894 bits per heavy atom. The van der Waals surface area contributed by atoms with Gasteiger partial charge in [0.1, 0.15) is 11.1 Å². The Morgan fingerprint density at radius 3 is 2.33 bits per heavy atom. The number of rotatable bonds is 13. The van der Waals surface area contributed by atoms with Crippen LogP contribution in [0.15, 0.2) is 53.5 Å². The van der Waals surface area contributed by atoms with E-state index in [1.165, 1.54) is 7.05 Å². The molecule has 348 valence electrons. The van der Waals surface area contributed by atoms with Gasteiger partial charge in [-0.3, -0.25) is 43.9 Å². The summed E-state index contributed by atoms with van der Waals surface area (Å²) in [6.07, 6.45) is 8.01. The number of nitrogens with zero attached hydrogens (tertiary/aromatic N) is 7. The van der Waals surface area contributed by atoms with Crippen molar-refractivity contribution in [2.24, 2.45) is 0 Å². The lowest BCUT2D eigenvalue weighted by atomic mass is 9.90. The summed E-state index contributed by atoms with van der Waals surface area (Å²) in [7, 11) is 3.71. The minimum atomic E-state index is -0.981. The van der Waals surface area contributed by atoms with E-state index in [4.69, 9.17) is 26.1 Å². The molecule has 1 saturated carbocycles. The van der Waals surface area contributed by atoms with Crippen molar-refractivity contribution in [1.29, 1.82) is 0 Å².